The molecular weight excluding hydrogens is 759 g/mol. The second-order valence-corrected chi connectivity index (χ2v) is 15.3. The highest BCUT2D eigenvalue weighted by molar-refractivity contribution is 5.79. The van der Waals surface area contributed by atoms with E-state index in [9.17, 15) is 24.5 Å². The molecule has 3 heterocycles. The van der Waals surface area contributed by atoms with Gasteiger partial charge in [-0.25, -0.2) is 4.39 Å². The van der Waals surface area contributed by atoms with Gasteiger partial charge < -0.3 is 83.2 Å². The number of nitrogens with one attached hydrogen (secondary N) is 2. The molecule has 0 radical (unpaired) electrons. The highest BCUT2D eigenvalue weighted by Gasteiger charge is 2.36. The van der Waals surface area contributed by atoms with E-state index in [1.165, 1.54) is 13.3 Å². The highest BCUT2D eigenvalue weighted by atomic mass is 19.1. The molecule has 2 saturated carbocycles. The maximum Gasteiger partial charge on any atom is 0.226 e. The number of aliphatic hydroxyl groups excluding tert-OH is 6. The summed E-state index contributed by atoms with van der Waals surface area (Å²) < 4.78 is 35.2. The first-order valence-corrected chi connectivity index (χ1v) is 21.8. The largest absolute Gasteiger partial charge is 0.394 e. The average molecular weight is 845 g/mol. The summed E-state index contributed by atoms with van der Waals surface area (Å²) >= 11 is 0. The van der Waals surface area contributed by atoms with Gasteiger partial charge in [-0.1, -0.05) is 54.9 Å². The number of carbonyl (C=O) groups excluding carboxylic acids is 1. The van der Waals surface area contributed by atoms with E-state index in [1.807, 2.05) is 27.7 Å². The first-order chi connectivity index (χ1) is 27.6. The average Bonchev–Trinajstić information content (AvgIpc) is 3.65. The third-order valence-corrected chi connectivity index (χ3v) is 10.1. The lowest BCUT2D eigenvalue weighted by atomic mass is 9.81. The van der Waals surface area contributed by atoms with Crippen LogP contribution in [0.25, 0.3) is 0 Å². The summed E-state index contributed by atoms with van der Waals surface area (Å²) in [4.78, 5) is 12.1. The second kappa shape index (κ2) is 32.5. The predicted molar refractivity (Wildman–Crippen MR) is 222 cm³/mol. The zero-order chi connectivity index (χ0) is 44.4. The quantitative estimate of drug-likeness (QED) is 0.125. The molecule has 348 valence electrons. The van der Waals surface area contributed by atoms with Crippen molar-refractivity contribution in [2.75, 3.05) is 32.8 Å². The van der Waals surface area contributed by atoms with Gasteiger partial charge in [-0.3, -0.25) is 4.79 Å². The summed E-state index contributed by atoms with van der Waals surface area (Å²) in [6.07, 6.45) is 1.06. The predicted octanol–water partition coefficient (Wildman–Crippen LogP) is 0.212. The third kappa shape index (κ3) is 22.1. The number of hydrogen-bond donors (Lipinski definition) is 12. The molecule has 1 amide bonds. The molecule has 18 heteroatoms. The fraction of sp³-hybridized carbons (Fsp3) is 0.975. The minimum absolute atomic E-state index is 0.00779. The Kier molecular flexibility index (Phi) is 31.8. The molecule has 0 aromatic rings. The second-order valence-electron chi connectivity index (χ2n) is 15.3. The molecule has 9 unspecified atom stereocenters. The first kappa shape index (κ1) is 56.8. The Labute approximate surface area is 347 Å². The van der Waals surface area contributed by atoms with E-state index in [0.717, 1.165) is 32.2 Å². The molecule has 3 saturated heterocycles. The summed E-state index contributed by atoms with van der Waals surface area (Å²) in [6.45, 7) is 15.2. The van der Waals surface area contributed by atoms with Crippen LogP contribution in [0.2, 0.25) is 0 Å². The Morgan fingerprint density at radius 3 is 1.95 bits per heavy atom. The van der Waals surface area contributed by atoms with E-state index in [2.05, 4.69) is 24.5 Å². The molecule has 3 aliphatic heterocycles. The van der Waals surface area contributed by atoms with Crippen molar-refractivity contribution in [3.05, 3.63) is 0 Å². The van der Waals surface area contributed by atoms with E-state index in [0.29, 0.717) is 50.6 Å². The number of halogens is 1. The number of nitrogens with two attached hydrogens (primary N) is 4. The number of ether oxygens (including phenoxy) is 4. The van der Waals surface area contributed by atoms with Gasteiger partial charge in [-0.05, 0) is 57.4 Å². The van der Waals surface area contributed by atoms with Gasteiger partial charge in [0, 0.05) is 57.0 Å². The van der Waals surface area contributed by atoms with Crippen LogP contribution in [0.4, 0.5) is 4.39 Å². The fourth-order valence-corrected chi connectivity index (χ4v) is 6.92. The van der Waals surface area contributed by atoms with Crippen LogP contribution in [0.1, 0.15) is 119 Å². The van der Waals surface area contributed by atoms with Gasteiger partial charge in [0.05, 0.1) is 43.0 Å². The fourth-order valence-electron chi connectivity index (χ4n) is 6.92. The van der Waals surface area contributed by atoms with Crippen LogP contribution in [0.15, 0.2) is 0 Å². The molecule has 0 bridgehead atoms. The van der Waals surface area contributed by atoms with Gasteiger partial charge in [-0.15, -0.1) is 0 Å². The molecular formula is C40H85FN6O11. The van der Waals surface area contributed by atoms with Crippen molar-refractivity contribution in [1.29, 1.82) is 0 Å². The van der Waals surface area contributed by atoms with Crippen LogP contribution in [0.3, 0.4) is 0 Å². The van der Waals surface area contributed by atoms with Crippen LogP contribution in [-0.4, -0.2) is 155 Å². The summed E-state index contributed by atoms with van der Waals surface area (Å²) in [7, 11) is 0. The molecule has 0 spiro atoms. The maximum absolute atomic E-state index is 13.6. The van der Waals surface area contributed by atoms with Crippen LogP contribution in [0.5, 0.6) is 0 Å². The zero-order valence-corrected chi connectivity index (χ0v) is 36.5. The molecule has 17 nitrogen and oxygen atoms in total. The third-order valence-electron chi connectivity index (χ3n) is 10.1. The van der Waals surface area contributed by atoms with Crippen LogP contribution in [0, 0.1) is 11.8 Å². The Morgan fingerprint density at radius 2 is 1.40 bits per heavy atom. The van der Waals surface area contributed by atoms with E-state index < -0.39 is 49.1 Å². The van der Waals surface area contributed by atoms with E-state index in [1.54, 1.807) is 0 Å². The smallest absolute Gasteiger partial charge is 0.226 e. The molecule has 58 heavy (non-hydrogen) atoms. The zero-order valence-electron chi connectivity index (χ0n) is 36.5. The first-order valence-electron chi connectivity index (χ1n) is 21.8. The van der Waals surface area contributed by atoms with Crippen molar-refractivity contribution in [1.82, 2.24) is 10.6 Å². The van der Waals surface area contributed by atoms with Crippen molar-refractivity contribution < 1.29 is 58.8 Å². The monoisotopic (exact) mass is 845 g/mol. The highest BCUT2D eigenvalue weighted by Crippen LogP contribution is 2.28. The van der Waals surface area contributed by atoms with Gasteiger partial charge >= 0.3 is 0 Å². The summed E-state index contributed by atoms with van der Waals surface area (Å²) in [5.74, 6) is -0.458. The number of aliphatic hydroxyl groups is 6. The van der Waals surface area contributed by atoms with Crippen molar-refractivity contribution in [2.45, 2.75) is 205 Å². The normalized spacial score (nSPS) is 36.4. The minimum Gasteiger partial charge on any atom is -0.394 e. The molecule has 0 aromatic carbocycles. The van der Waals surface area contributed by atoms with Crippen molar-refractivity contribution in [3.8, 4) is 0 Å². The van der Waals surface area contributed by atoms with Crippen LogP contribution in [-0.2, 0) is 23.7 Å². The van der Waals surface area contributed by atoms with Gasteiger partial charge in [-0.2, -0.15) is 0 Å². The van der Waals surface area contributed by atoms with E-state index in [-0.39, 0.29) is 68.7 Å². The van der Waals surface area contributed by atoms with Gasteiger partial charge in [0.15, 0.2) is 18.9 Å². The van der Waals surface area contributed by atoms with E-state index in [4.69, 9.17) is 57.2 Å². The molecule has 5 rings (SSSR count). The number of hydrogen-bond acceptors (Lipinski definition) is 16. The van der Waals surface area contributed by atoms with Gasteiger partial charge in [0.2, 0.25) is 5.91 Å². The minimum atomic E-state index is -1.35. The topological polar surface area (TPSA) is 304 Å². The SMILES string of the molecule is CC.CC.CC(C(=O)NC1CC(N)CC(OC2CCC(CO)O2)C1)C(F)CN.CCC.NC1CC(CNCC2O[C@H](O)CC[C@@H]2O)C1.NC[C@@H]1O[C@H](O)CC(O)[C@@H]1O. The van der Waals surface area contributed by atoms with Crippen LogP contribution >= 0.6 is 0 Å². The van der Waals surface area contributed by atoms with Crippen LogP contribution < -0.4 is 33.6 Å². The number of rotatable bonds is 12. The molecule has 2 aliphatic carbocycles. The lowest BCUT2D eigenvalue weighted by molar-refractivity contribution is -0.228. The summed E-state index contributed by atoms with van der Waals surface area (Å²) in [5.41, 5.74) is 22.3. The molecule has 0 aromatic heterocycles. The van der Waals surface area contributed by atoms with Crippen molar-refractivity contribution in [3.63, 3.8) is 0 Å². The van der Waals surface area contributed by atoms with E-state index >= 15 is 0 Å². The standard InChI is InChI=1S/C16H30FN3O4.C11H22N2O3.C6H13NO4.C3H8.2C2H6/c1-9(14(17)7-18)16(22)20-11-4-10(19)5-13(6-11)24-15-3-2-12(8-21)23-15;12-8-3-7(4-8)5-13-6-10-9(14)1-2-11(15)16-10;7-2-4-6(10)3(8)1-5(9)11-4;1-3-2;2*1-2/h9-15,21H,2-8,18-19H2,1H3,(H,20,22);7-11,13-15H,1-6,12H2;3-6,8-10H,1-2,7H2;3H2,1-2H3;2*1-2H3/t;7?,8?,9-,10?,11-;3?,4-,5-,6-;;;/m.00.../s1. The number of carbonyl (C=O) groups is 1. The summed E-state index contributed by atoms with van der Waals surface area (Å²) in [5, 5.41) is 61.5. The molecule has 5 aliphatic rings. The molecule has 5 fully saturated rings. The number of alkyl halides is 1. The Hall–Kier alpha value is -1.20. The Bertz CT molecular complexity index is 1010. The maximum atomic E-state index is 13.6. The van der Waals surface area contributed by atoms with Crippen molar-refractivity contribution >= 4 is 5.91 Å². The summed E-state index contributed by atoms with van der Waals surface area (Å²) in [6, 6.07) is 0.147. The van der Waals surface area contributed by atoms with Crippen molar-refractivity contribution in [2.24, 2.45) is 34.8 Å². The number of amides is 1. The Morgan fingerprint density at radius 1 is 0.793 bits per heavy atom. The molecule has 14 atom stereocenters. The Balaban J connectivity index is 0.000000824. The molecule has 16 N–H and O–H groups in total. The van der Waals surface area contributed by atoms with Gasteiger partial charge in [0.1, 0.15) is 18.4 Å². The van der Waals surface area contributed by atoms with Gasteiger partial charge in [0.25, 0.3) is 0 Å². The lowest BCUT2D eigenvalue weighted by Gasteiger charge is -2.35. The lowest BCUT2D eigenvalue weighted by Crippen LogP contribution is -2.51.